The Labute approximate surface area is 186 Å². The van der Waals surface area contributed by atoms with Crippen molar-refractivity contribution in [2.24, 2.45) is 0 Å². The van der Waals surface area contributed by atoms with Crippen molar-refractivity contribution in [3.8, 4) is 0 Å². The third-order valence-electron chi connectivity index (χ3n) is 4.50. The van der Waals surface area contributed by atoms with Crippen molar-refractivity contribution < 1.29 is 48.0 Å². The van der Waals surface area contributed by atoms with E-state index in [1.807, 2.05) is 0 Å². The highest BCUT2D eigenvalue weighted by molar-refractivity contribution is 7.60. The van der Waals surface area contributed by atoms with Gasteiger partial charge in [-0.2, -0.15) is 4.31 Å². The fraction of sp³-hybridized carbons (Fsp3) is 1.00. The highest BCUT2D eigenvalue weighted by Gasteiger charge is 2.28. The molecule has 0 spiro atoms. The molecule has 0 saturated carbocycles. The zero-order valence-corrected chi connectivity index (χ0v) is 20.8. The lowest BCUT2D eigenvalue weighted by molar-refractivity contribution is -0.0629. The average molecular weight is 494 g/mol. The molecule has 0 aromatic rings. The normalized spacial score (nSPS) is 14.1. The van der Waals surface area contributed by atoms with Gasteiger partial charge in [0.15, 0.2) is 0 Å². The van der Waals surface area contributed by atoms with Gasteiger partial charge in [0.05, 0.1) is 12.7 Å². The summed E-state index contributed by atoms with van der Waals surface area (Å²) in [6.45, 7) is 4.97. The molecule has 2 unspecified atom stereocenters. The Morgan fingerprint density at radius 3 is 1.52 bits per heavy atom. The van der Waals surface area contributed by atoms with Gasteiger partial charge in [0.1, 0.15) is 6.10 Å². The molecule has 6 N–H and O–H groups in total. The second-order valence-electron chi connectivity index (χ2n) is 7.55. The van der Waals surface area contributed by atoms with E-state index in [0.29, 0.717) is 6.61 Å². The summed E-state index contributed by atoms with van der Waals surface area (Å²) in [7, 11) is -10.1. The highest BCUT2D eigenvalue weighted by Crippen LogP contribution is 2.53. The average Bonchev–Trinajstić information content (AvgIpc) is 2.65. The van der Waals surface area contributed by atoms with Gasteiger partial charge < -0.3 is 34.5 Å². The third kappa shape index (κ3) is 28.1. The molecule has 2 atom stereocenters. The minimum Gasteiger partial charge on any atom is -0.394 e. The fourth-order valence-corrected chi connectivity index (χ4v) is 3.99. The van der Waals surface area contributed by atoms with E-state index in [1.165, 1.54) is 64.2 Å². The van der Waals surface area contributed by atoms with Crippen LogP contribution < -0.4 is 0 Å². The van der Waals surface area contributed by atoms with Gasteiger partial charge in [-0.25, -0.2) is 9.13 Å². The van der Waals surface area contributed by atoms with E-state index in [9.17, 15) is 14.2 Å². The number of unbranched alkanes of at least 4 members (excludes halogenated alkanes) is 10. The molecule has 0 aliphatic rings. The maximum atomic E-state index is 9.86. The molecule has 0 radical (unpaired) electrons. The van der Waals surface area contributed by atoms with Crippen molar-refractivity contribution >= 4 is 15.6 Å². The lowest BCUT2D eigenvalue weighted by Crippen LogP contribution is -2.32. The zero-order chi connectivity index (χ0) is 24.2. The number of aliphatic hydroxyl groups is 2. The first-order chi connectivity index (χ1) is 14.5. The van der Waals surface area contributed by atoms with Crippen LogP contribution in [0.15, 0.2) is 0 Å². The Bertz CT molecular complexity index is 460. The molecule has 0 heterocycles. The predicted molar refractivity (Wildman–Crippen MR) is 119 cm³/mol. The van der Waals surface area contributed by atoms with Crippen LogP contribution in [0.25, 0.3) is 0 Å². The third-order valence-corrected chi connectivity index (χ3v) is 6.20. The number of hydrogen-bond donors (Lipinski definition) is 6. The first-order valence-electron chi connectivity index (χ1n) is 11.2. The lowest BCUT2D eigenvalue weighted by Gasteiger charge is -2.22. The molecule has 10 nitrogen and oxygen atoms in total. The SMILES string of the molecule is CCCCCCCCOC(CCCCCCCC)C(O)CO.O=P(O)(O)OP(=O)(O)O. The lowest BCUT2D eigenvalue weighted by atomic mass is 10.0. The molecule has 0 aromatic carbocycles. The van der Waals surface area contributed by atoms with Gasteiger partial charge in [-0.05, 0) is 12.8 Å². The van der Waals surface area contributed by atoms with E-state index >= 15 is 0 Å². The molecular formula is C19H44O10P2. The maximum Gasteiger partial charge on any atom is 0.478 e. The molecule has 190 valence electrons. The van der Waals surface area contributed by atoms with Gasteiger partial charge in [-0.15, -0.1) is 0 Å². The van der Waals surface area contributed by atoms with E-state index in [-0.39, 0.29) is 12.7 Å². The number of rotatable bonds is 19. The predicted octanol–water partition coefficient (Wildman–Crippen LogP) is 4.02. The van der Waals surface area contributed by atoms with E-state index in [2.05, 4.69) is 18.2 Å². The molecule has 0 aromatic heterocycles. The van der Waals surface area contributed by atoms with Crippen molar-refractivity contribution in [3.63, 3.8) is 0 Å². The summed E-state index contributed by atoms with van der Waals surface area (Å²) in [6, 6.07) is 0. The summed E-state index contributed by atoms with van der Waals surface area (Å²) in [5.41, 5.74) is 0. The van der Waals surface area contributed by atoms with Crippen molar-refractivity contribution in [2.45, 2.75) is 110 Å². The smallest absolute Gasteiger partial charge is 0.394 e. The Kier molecular flexibility index (Phi) is 22.3. The first-order valence-corrected chi connectivity index (χ1v) is 14.3. The zero-order valence-electron chi connectivity index (χ0n) is 19.0. The van der Waals surface area contributed by atoms with Crippen LogP contribution in [-0.4, -0.2) is 55.2 Å². The summed E-state index contributed by atoms with van der Waals surface area (Å²) in [5.74, 6) is 0. The van der Waals surface area contributed by atoms with Crippen LogP contribution in [0.1, 0.15) is 97.3 Å². The topological polar surface area (TPSA) is 174 Å². The number of aliphatic hydroxyl groups excluding tert-OH is 2. The minimum atomic E-state index is -5.05. The Morgan fingerprint density at radius 2 is 1.13 bits per heavy atom. The first kappa shape index (κ1) is 33.3. The van der Waals surface area contributed by atoms with Crippen molar-refractivity contribution in [3.05, 3.63) is 0 Å². The van der Waals surface area contributed by atoms with Gasteiger partial charge >= 0.3 is 15.6 Å². The molecule has 0 fully saturated rings. The summed E-state index contributed by atoms with van der Waals surface area (Å²) in [5, 5.41) is 19.0. The van der Waals surface area contributed by atoms with Crippen LogP contribution in [0.4, 0.5) is 0 Å². The van der Waals surface area contributed by atoms with Crippen LogP contribution in [0.3, 0.4) is 0 Å². The largest absolute Gasteiger partial charge is 0.478 e. The summed E-state index contributed by atoms with van der Waals surface area (Å²) in [4.78, 5) is 31.0. The molecule has 0 aliphatic carbocycles. The van der Waals surface area contributed by atoms with Gasteiger partial charge in [0.25, 0.3) is 0 Å². The number of ether oxygens (including phenoxy) is 1. The van der Waals surface area contributed by atoms with E-state index in [0.717, 1.165) is 19.3 Å². The quantitative estimate of drug-likeness (QED) is 0.114. The number of phosphoric acid groups is 2. The number of hydrogen-bond acceptors (Lipinski definition) is 6. The summed E-state index contributed by atoms with van der Waals surface area (Å²) >= 11 is 0. The van der Waals surface area contributed by atoms with Crippen LogP contribution >= 0.6 is 15.6 Å². The van der Waals surface area contributed by atoms with Crippen LogP contribution in [0.2, 0.25) is 0 Å². The Hall–Kier alpha value is 0.140. The molecular weight excluding hydrogens is 450 g/mol. The van der Waals surface area contributed by atoms with Gasteiger partial charge in [0.2, 0.25) is 0 Å². The Balaban J connectivity index is 0. The van der Waals surface area contributed by atoms with Crippen molar-refractivity contribution in [2.75, 3.05) is 13.2 Å². The molecule has 12 heteroatoms. The molecule has 0 amide bonds. The van der Waals surface area contributed by atoms with Gasteiger partial charge in [-0.1, -0.05) is 84.5 Å². The monoisotopic (exact) mass is 494 g/mol. The van der Waals surface area contributed by atoms with Crippen LogP contribution in [-0.2, 0) is 18.2 Å². The standard InChI is InChI=1S/C19H40O3.H4O7P2/c1-3-5-7-9-11-13-15-19(18(21)17-20)22-16-14-12-10-8-6-4-2;1-8(2,3)7-9(4,5)6/h18-21H,3-17H2,1-2H3;(H2,1,2,3)(H2,4,5,6). The van der Waals surface area contributed by atoms with Crippen molar-refractivity contribution in [1.82, 2.24) is 0 Å². The van der Waals surface area contributed by atoms with Crippen LogP contribution in [0, 0.1) is 0 Å². The van der Waals surface area contributed by atoms with E-state index in [4.69, 9.17) is 29.4 Å². The molecule has 0 rings (SSSR count). The summed E-state index contributed by atoms with van der Waals surface area (Å²) < 4.78 is 28.0. The molecule has 31 heavy (non-hydrogen) atoms. The molecule has 0 saturated heterocycles. The fourth-order valence-electron chi connectivity index (χ4n) is 2.89. The maximum absolute atomic E-state index is 9.86. The second-order valence-corrected chi connectivity index (χ2v) is 10.2. The highest BCUT2D eigenvalue weighted by atomic mass is 31.3. The van der Waals surface area contributed by atoms with Crippen LogP contribution in [0.5, 0.6) is 0 Å². The molecule has 0 bridgehead atoms. The van der Waals surface area contributed by atoms with Crippen molar-refractivity contribution in [1.29, 1.82) is 0 Å². The van der Waals surface area contributed by atoms with E-state index in [1.54, 1.807) is 0 Å². The van der Waals surface area contributed by atoms with Gasteiger partial charge in [0, 0.05) is 6.61 Å². The minimum absolute atomic E-state index is 0.188. The Morgan fingerprint density at radius 1 is 0.710 bits per heavy atom. The summed E-state index contributed by atoms with van der Waals surface area (Å²) in [6.07, 6.45) is 14.9. The molecule has 0 aliphatic heterocycles. The van der Waals surface area contributed by atoms with E-state index < -0.39 is 21.7 Å². The second kappa shape index (κ2) is 20.7. The van der Waals surface area contributed by atoms with Gasteiger partial charge in [-0.3, -0.25) is 0 Å².